The van der Waals surface area contributed by atoms with Crippen LogP contribution in [-0.4, -0.2) is 88.4 Å². The Morgan fingerprint density at radius 2 is 1.50 bits per heavy atom. The summed E-state index contributed by atoms with van der Waals surface area (Å²) in [6.45, 7) is 4.27. The normalized spacial score (nSPS) is 21.8. The molecule has 3 aliphatic heterocycles. The van der Waals surface area contributed by atoms with E-state index in [1.807, 2.05) is 49.1 Å². The number of carbonyl (C=O) groups excluding carboxylic acids is 4. The Bertz CT molecular complexity index is 2790. The van der Waals surface area contributed by atoms with Crippen LogP contribution in [0.25, 0.3) is 33.5 Å². The van der Waals surface area contributed by atoms with E-state index in [1.54, 1.807) is 59.6 Å². The van der Waals surface area contributed by atoms with E-state index in [2.05, 4.69) is 20.6 Å². The van der Waals surface area contributed by atoms with E-state index in [-0.39, 0.29) is 46.9 Å². The predicted octanol–water partition coefficient (Wildman–Crippen LogP) is 9.01. The second kappa shape index (κ2) is 16.8. The number of carbonyl (C=O) groups is 4. The van der Waals surface area contributed by atoms with Crippen LogP contribution in [-0.2, 0) is 31.4 Å². The minimum absolute atomic E-state index is 0.0695. The molecule has 340 valence electrons. The molecular weight excluding hydrogens is 845 g/mol. The number of aromatic amines is 1. The van der Waals surface area contributed by atoms with Crippen LogP contribution in [0.4, 0.5) is 24.1 Å². The van der Waals surface area contributed by atoms with Crippen molar-refractivity contribution in [1.29, 1.82) is 0 Å². The number of nitrogens with one attached hydrogen (secondary N) is 3. The number of methoxy groups -OCH3 is 2. The smallest absolute Gasteiger partial charge is 0.407 e. The maximum absolute atomic E-state index is 16.7. The fourth-order valence-corrected chi connectivity index (χ4v) is 11.0. The number of hydrogen-bond donors (Lipinski definition) is 3. The standard InChI is InChI=1S/C51H51F2N7O6/c1-27(2)43(57-49(63)65-3)48(62)60-34-16-12-32(22-34)45(60)40-25-33-21-29(15-19-39(33)55-40)30-13-17-35-36-18-14-31(24-38(36)51(52,53)37(35)23-30)41-26-54-46(56-41)42-11-8-20-59(42)47(61)44(58-50(64)66-4)28-9-6-5-7-10-28/h5-7,9-10,13-15,17-19,21,23-24,26-27,32,34,42-45H,8,11-12,16,20,22,25H2,1-4H3,(H,54,56)(H,57,63)(H,58,64)/t32-,34+,42-,43-,44+,45-/m0/s1. The lowest BCUT2D eigenvalue weighted by Gasteiger charge is -2.38. The molecule has 5 aromatic rings. The highest BCUT2D eigenvalue weighted by Crippen LogP contribution is 2.53. The minimum Gasteiger partial charge on any atom is -0.453 e. The summed E-state index contributed by atoms with van der Waals surface area (Å²) in [5.74, 6) is -3.05. The molecule has 4 heterocycles. The Hall–Kier alpha value is -6.90. The van der Waals surface area contributed by atoms with Gasteiger partial charge in [0.25, 0.3) is 11.8 Å². The number of aromatic nitrogens is 2. The fourth-order valence-electron chi connectivity index (χ4n) is 11.0. The summed E-state index contributed by atoms with van der Waals surface area (Å²) >= 11 is 0. The van der Waals surface area contributed by atoms with Gasteiger partial charge in [0.15, 0.2) is 0 Å². The van der Waals surface area contributed by atoms with Gasteiger partial charge in [0.1, 0.15) is 17.9 Å². The molecule has 2 bridgehead atoms. The van der Waals surface area contributed by atoms with Gasteiger partial charge in [0.05, 0.1) is 43.9 Å². The largest absolute Gasteiger partial charge is 0.453 e. The molecule has 15 heteroatoms. The topological polar surface area (TPSA) is 158 Å². The SMILES string of the molecule is COC(=O)N[C@H](C(=O)N1[C@@H]2CC[C@@H](C2)[C@H]1C1=Nc2ccc(-c3ccc4c(c3)C(F)(F)c3cc(-c5cnc([C@@H]6CCCN6C(=O)[C@H](NC(=O)OC)c6ccccc6)[nH]5)ccc3-4)cc2C1)C(C)C. The summed E-state index contributed by atoms with van der Waals surface area (Å²) in [7, 11) is 2.53. The first-order valence-corrected chi connectivity index (χ1v) is 22.6. The van der Waals surface area contributed by atoms with Gasteiger partial charge in [-0.1, -0.05) is 74.5 Å². The van der Waals surface area contributed by atoms with Gasteiger partial charge in [-0.05, 0) is 102 Å². The number of hydrogen-bond acceptors (Lipinski definition) is 8. The lowest BCUT2D eigenvalue weighted by molar-refractivity contribution is -0.137. The number of amides is 4. The van der Waals surface area contributed by atoms with Gasteiger partial charge < -0.3 is 34.9 Å². The van der Waals surface area contributed by atoms with Crippen LogP contribution in [0, 0.1) is 11.8 Å². The zero-order valence-corrected chi connectivity index (χ0v) is 37.1. The Morgan fingerprint density at radius 1 is 0.818 bits per heavy atom. The van der Waals surface area contributed by atoms with E-state index in [9.17, 15) is 19.2 Å². The van der Waals surface area contributed by atoms with E-state index in [1.165, 1.54) is 20.3 Å². The number of alkyl halides is 2. The average molecular weight is 896 g/mol. The van der Waals surface area contributed by atoms with Crippen LogP contribution >= 0.6 is 0 Å². The highest BCUT2D eigenvalue weighted by Gasteiger charge is 2.52. The van der Waals surface area contributed by atoms with Crippen LogP contribution in [0.15, 0.2) is 96.1 Å². The maximum atomic E-state index is 16.7. The summed E-state index contributed by atoms with van der Waals surface area (Å²) in [6, 6.07) is 22.9. The van der Waals surface area contributed by atoms with Crippen LogP contribution in [0.3, 0.4) is 0 Å². The number of ether oxygens (including phenoxy) is 2. The van der Waals surface area contributed by atoms with Crippen LogP contribution in [0.1, 0.15) is 86.1 Å². The molecule has 1 saturated carbocycles. The quantitative estimate of drug-likeness (QED) is 0.126. The second-order valence-corrected chi connectivity index (χ2v) is 18.3. The summed E-state index contributed by atoms with van der Waals surface area (Å²) < 4.78 is 43.0. The minimum atomic E-state index is -3.28. The molecule has 3 fully saturated rings. The van der Waals surface area contributed by atoms with Crippen LogP contribution in [0.5, 0.6) is 0 Å². The number of rotatable bonds is 10. The lowest BCUT2D eigenvalue weighted by atomic mass is 9.90. The first-order valence-electron chi connectivity index (χ1n) is 22.6. The van der Waals surface area contributed by atoms with E-state index in [0.717, 1.165) is 48.2 Å². The number of fused-ring (bicyclic) bond motifs is 6. The third-order valence-corrected chi connectivity index (χ3v) is 14.2. The first-order chi connectivity index (χ1) is 31.8. The first kappa shape index (κ1) is 43.0. The number of benzene rings is 4. The fraction of sp³-hybridized carbons (Fsp3) is 0.373. The van der Waals surface area contributed by atoms with Gasteiger partial charge in [-0.2, -0.15) is 8.78 Å². The van der Waals surface area contributed by atoms with Crippen molar-refractivity contribution in [2.24, 2.45) is 16.8 Å². The van der Waals surface area contributed by atoms with Crippen molar-refractivity contribution in [1.82, 2.24) is 30.4 Å². The molecule has 66 heavy (non-hydrogen) atoms. The summed E-state index contributed by atoms with van der Waals surface area (Å²) in [5.41, 5.74) is 6.61. The number of likely N-dealkylation sites (tertiary alicyclic amines) is 2. The monoisotopic (exact) mass is 895 g/mol. The molecule has 13 nitrogen and oxygen atoms in total. The Kier molecular flexibility index (Phi) is 11.0. The highest BCUT2D eigenvalue weighted by atomic mass is 19.3. The van der Waals surface area contributed by atoms with Crippen molar-refractivity contribution in [3.05, 3.63) is 119 Å². The number of alkyl carbamates (subject to hydrolysis) is 2. The molecule has 6 atom stereocenters. The molecule has 4 aromatic carbocycles. The third kappa shape index (κ3) is 7.37. The number of aliphatic imine (C=N–C) groups is 1. The summed E-state index contributed by atoms with van der Waals surface area (Å²) in [5, 5.41) is 5.42. The predicted molar refractivity (Wildman–Crippen MR) is 243 cm³/mol. The molecule has 4 amide bonds. The van der Waals surface area contributed by atoms with Crippen molar-refractivity contribution in [3.8, 4) is 33.5 Å². The van der Waals surface area contributed by atoms with Crippen molar-refractivity contribution in [2.75, 3.05) is 20.8 Å². The number of H-pyrrole nitrogens is 1. The van der Waals surface area contributed by atoms with Gasteiger partial charge in [0.2, 0.25) is 5.91 Å². The molecule has 0 unspecified atom stereocenters. The van der Waals surface area contributed by atoms with Crippen molar-refractivity contribution in [3.63, 3.8) is 0 Å². The molecule has 0 spiro atoms. The molecule has 10 rings (SSSR count). The third-order valence-electron chi connectivity index (χ3n) is 14.2. The van der Waals surface area contributed by atoms with Gasteiger partial charge >= 0.3 is 12.2 Å². The summed E-state index contributed by atoms with van der Waals surface area (Å²) in [4.78, 5) is 69.3. The summed E-state index contributed by atoms with van der Waals surface area (Å²) in [6.07, 6.45) is 4.95. The number of piperidine rings is 1. The highest BCUT2D eigenvalue weighted by molar-refractivity contribution is 6.02. The van der Waals surface area contributed by atoms with E-state index in [4.69, 9.17) is 14.5 Å². The zero-order chi connectivity index (χ0) is 46.0. The number of halogens is 2. The molecule has 5 aliphatic rings. The van der Waals surface area contributed by atoms with Crippen molar-refractivity contribution >= 4 is 35.4 Å². The Labute approximate surface area is 381 Å². The molecule has 1 aromatic heterocycles. The van der Waals surface area contributed by atoms with Gasteiger partial charge in [-0.3, -0.25) is 14.6 Å². The zero-order valence-electron chi connectivity index (χ0n) is 37.1. The lowest BCUT2D eigenvalue weighted by Crippen LogP contribution is -2.57. The van der Waals surface area contributed by atoms with E-state index >= 15 is 8.78 Å². The molecule has 0 radical (unpaired) electrons. The van der Waals surface area contributed by atoms with Gasteiger partial charge in [-0.15, -0.1) is 0 Å². The Morgan fingerprint density at radius 3 is 2.23 bits per heavy atom. The van der Waals surface area contributed by atoms with Crippen molar-refractivity contribution in [2.45, 2.75) is 88.5 Å². The van der Waals surface area contributed by atoms with Crippen LogP contribution < -0.4 is 10.6 Å². The number of imidazole rings is 1. The molecular formula is C51H51F2N7O6. The van der Waals surface area contributed by atoms with Crippen LogP contribution in [0.2, 0.25) is 0 Å². The second-order valence-electron chi connectivity index (χ2n) is 18.3. The van der Waals surface area contributed by atoms with E-state index in [0.29, 0.717) is 58.7 Å². The van der Waals surface area contributed by atoms with E-state index < -0.39 is 36.2 Å². The maximum Gasteiger partial charge on any atom is 0.407 e. The molecule has 2 saturated heterocycles. The average Bonchev–Trinajstić information content (AvgIpc) is 4.21. The molecule has 3 N–H and O–H groups in total. The van der Waals surface area contributed by atoms with Gasteiger partial charge in [-0.25, -0.2) is 14.6 Å². The van der Waals surface area contributed by atoms with Crippen molar-refractivity contribution < 1.29 is 37.4 Å². The van der Waals surface area contributed by atoms with Gasteiger partial charge in [0, 0.05) is 41.4 Å². The number of nitrogens with zero attached hydrogens (tertiary/aromatic N) is 4. The Balaban J connectivity index is 0.862. The molecule has 2 aliphatic carbocycles.